The molecule has 0 radical (unpaired) electrons. The van der Waals surface area contributed by atoms with Crippen molar-refractivity contribution < 1.29 is 38.8 Å². The second-order valence-electron chi connectivity index (χ2n) is 9.09. The predicted octanol–water partition coefficient (Wildman–Crippen LogP) is -2.72. The lowest BCUT2D eigenvalue weighted by Crippen LogP contribution is -2.71. The quantitative estimate of drug-likeness (QED) is 0.0591. The van der Waals surface area contributed by atoms with Crippen molar-refractivity contribution in [2.45, 2.75) is 36.0 Å². The highest BCUT2D eigenvalue weighted by Crippen LogP contribution is 2.41. The third-order valence-electron chi connectivity index (χ3n) is 5.83. The molecule has 2 aromatic heterocycles. The molecule has 0 aliphatic carbocycles. The molecule has 0 bridgehead atoms. The SMILES string of the molecule is C[n+]1c(N)nc(N)nc1SCC1=C(C(=O)[O-])N2C(=O)C(NC(=O)/C(=N/OC(C)(C)C(=O)O)c3csc(N)n3)C2SC1. The van der Waals surface area contributed by atoms with Crippen LogP contribution in [0.2, 0.25) is 0 Å². The van der Waals surface area contributed by atoms with E-state index < -0.39 is 46.5 Å². The minimum atomic E-state index is -1.78. The maximum atomic E-state index is 13.2. The fourth-order valence-electron chi connectivity index (χ4n) is 3.56. The number of hydrogen-bond acceptors (Lipinski definition) is 16. The van der Waals surface area contributed by atoms with E-state index in [1.54, 1.807) is 7.05 Å². The Balaban J connectivity index is 1.53. The van der Waals surface area contributed by atoms with E-state index >= 15 is 0 Å². The number of β-lactam (4-membered cyclic amide) rings is 1. The Hall–Kier alpha value is -4.17. The van der Waals surface area contributed by atoms with Gasteiger partial charge in [-0.3, -0.25) is 14.5 Å². The molecule has 0 spiro atoms. The maximum absolute atomic E-state index is 13.2. The van der Waals surface area contributed by atoms with Crippen molar-refractivity contribution in [3.05, 3.63) is 22.3 Å². The van der Waals surface area contributed by atoms with E-state index in [1.165, 1.54) is 35.6 Å². The van der Waals surface area contributed by atoms with Crippen LogP contribution >= 0.6 is 34.9 Å². The zero-order valence-corrected chi connectivity index (χ0v) is 24.1. The second kappa shape index (κ2) is 11.4. The van der Waals surface area contributed by atoms with Gasteiger partial charge >= 0.3 is 17.9 Å². The van der Waals surface area contributed by atoms with E-state index in [9.17, 15) is 29.4 Å². The Kier molecular flexibility index (Phi) is 8.27. The van der Waals surface area contributed by atoms with Crippen LogP contribution in [0.15, 0.2) is 27.0 Å². The lowest BCUT2D eigenvalue weighted by molar-refractivity contribution is -0.701. The molecule has 0 saturated carbocycles. The number of hydrogen-bond donors (Lipinski definition) is 5. The van der Waals surface area contributed by atoms with Gasteiger partial charge in [0.2, 0.25) is 5.60 Å². The number of nitrogens with zero attached hydrogens (tertiary/aromatic N) is 6. The average molecular weight is 625 g/mol. The lowest BCUT2D eigenvalue weighted by Gasteiger charge is -2.50. The molecule has 4 rings (SSSR count). The first-order chi connectivity index (χ1) is 19.2. The maximum Gasteiger partial charge on any atom is 0.350 e. The minimum absolute atomic E-state index is 0.0000883. The average Bonchev–Trinajstić information content (AvgIpc) is 3.33. The zero-order valence-electron chi connectivity index (χ0n) is 21.7. The number of carbonyl (C=O) groups excluding carboxylic acids is 3. The molecule has 2 aromatic rings. The number of nitrogens with two attached hydrogens (primary N) is 3. The third kappa shape index (κ3) is 5.98. The first-order valence-corrected chi connectivity index (χ1v) is 14.4. The van der Waals surface area contributed by atoms with Crippen LogP contribution in [0.3, 0.4) is 0 Å². The predicted molar refractivity (Wildman–Crippen MR) is 146 cm³/mol. The van der Waals surface area contributed by atoms with E-state index in [1.807, 2.05) is 0 Å². The van der Waals surface area contributed by atoms with Crippen LogP contribution in [-0.2, 0) is 31.1 Å². The highest BCUT2D eigenvalue weighted by molar-refractivity contribution is 8.01. The fourth-order valence-corrected chi connectivity index (χ4v) is 6.57. The molecule has 2 aliphatic heterocycles. The summed E-state index contributed by atoms with van der Waals surface area (Å²) >= 11 is 3.39. The summed E-state index contributed by atoms with van der Waals surface area (Å²) in [5.41, 5.74) is 15.0. The Labute approximate surface area is 244 Å². The summed E-state index contributed by atoms with van der Waals surface area (Å²) < 4.78 is 1.48. The molecule has 218 valence electrons. The fraction of sp³-hybridized carbons (Fsp3) is 0.381. The number of oxime groups is 1. The summed E-state index contributed by atoms with van der Waals surface area (Å²) in [6.45, 7) is 2.46. The molecule has 17 nitrogen and oxygen atoms in total. The van der Waals surface area contributed by atoms with Crippen LogP contribution in [0.25, 0.3) is 0 Å². The van der Waals surface area contributed by atoms with Crippen LogP contribution in [0.4, 0.5) is 17.0 Å². The summed E-state index contributed by atoms with van der Waals surface area (Å²) in [6, 6.07) is -1.12. The number of carboxylic acids is 2. The van der Waals surface area contributed by atoms with Crippen molar-refractivity contribution in [3.63, 3.8) is 0 Å². The van der Waals surface area contributed by atoms with E-state index in [2.05, 4.69) is 25.4 Å². The number of carboxylic acid groups (broad SMARTS) is 2. The molecule has 1 fully saturated rings. The van der Waals surface area contributed by atoms with Crippen molar-refractivity contribution in [2.75, 3.05) is 28.7 Å². The van der Waals surface area contributed by atoms with Crippen LogP contribution in [0.1, 0.15) is 19.5 Å². The number of fused-ring (bicyclic) bond motifs is 1. The highest BCUT2D eigenvalue weighted by atomic mass is 32.2. The first-order valence-electron chi connectivity index (χ1n) is 11.5. The lowest BCUT2D eigenvalue weighted by atomic mass is 10.0. The van der Waals surface area contributed by atoms with E-state index in [0.717, 1.165) is 28.0 Å². The summed E-state index contributed by atoms with van der Waals surface area (Å²) in [7, 11) is 1.62. The Bertz CT molecular complexity index is 1510. The molecule has 2 amide bonds. The topological polar surface area (TPSA) is 269 Å². The van der Waals surface area contributed by atoms with Crippen molar-refractivity contribution >= 4 is 81.4 Å². The molecule has 2 atom stereocenters. The number of thioether (sulfide) groups is 2. The van der Waals surface area contributed by atoms with Gasteiger partial charge in [-0.15, -0.1) is 23.1 Å². The molecule has 2 aliphatic rings. The van der Waals surface area contributed by atoms with Crippen LogP contribution < -0.4 is 32.2 Å². The third-order valence-corrected chi connectivity index (χ3v) is 8.96. The largest absolute Gasteiger partial charge is 0.543 e. The summed E-state index contributed by atoms with van der Waals surface area (Å²) in [6.07, 6.45) is 0. The summed E-state index contributed by atoms with van der Waals surface area (Å²) in [5, 5.41) is 28.8. The Morgan fingerprint density at radius 1 is 1.32 bits per heavy atom. The second-order valence-corrected chi connectivity index (χ2v) is 12.0. The van der Waals surface area contributed by atoms with Crippen LogP contribution in [-0.4, -0.2) is 82.9 Å². The van der Waals surface area contributed by atoms with Gasteiger partial charge in [0.1, 0.15) is 17.1 Å². The van der Waals surface area contributed by atoms with Crippen molar-refractivity contribution in [1.29, 1.82) is 0 Å². The number of rotatable bonds is 10. The normalized spacial score (nSPS) is 19.0. The standard InChI is InChI=1S/C21H24N10O7S3/c1-21(2,16(36)37)38-29-9(8-6-40-19(24)25-8)12(32)26-10-13(33)31-11(15(34)35)7(4-39-14(10)31)5-41-20-28-17(22)27-18(23)30(20)3/h6,10,14H,4-5H2,1-3H3,(H8,22,23,24,25,26,27,32,34,35,36,37)/b29-9+. The molecule has 0 aromatic carbocycles. The monoisotopic (exact) mass is 624 g/mol. The molecule has 20 heteroatoms. The number of nitrogen functional groups attached to an aromatic ring is 3. The van der Waals surface area contributed by atoms with Gasteiger partial charge in [0.25, 0.3) is 17.0 Å². The number of aliphatic carboxylic acids is 2. The molecular weight excluding hydrogens is 600 g/mol. The van der Waals surface area contributed by atoms with Gasteiger partial charge < -0.3 is 42.4 Å². The van der Waals surface area contributed by atoms with Crippen LogP contribution in [0, 0.1) is 0 Å². The highest BCUT2D eigenvalue weighted by Gasteiger charge is 2.53. The molecular formula is C21H24N10O7S3. The summed E-state index contributed by atoms with van der Waals surface area (Å²) in [4.78, 5) is 67.9. The molecule has 4 heterocycles. The Morgan fingerprint density at radius 2 is 2.02 bits per heavy atom. The van der Waals surface area contributed by atoms with Gasteiger partial charge in [-0.1, -0.05) is 26.9 Å². The van der Waals surface area contributed by atoms with Gasteiger partial charge in [0.15, 0.2) is 10.8 Å². The van der Waals surface area contributed by atoms with Crippen LogP contribution in [0.5, 0.6) is 0 Å². The van der Waals surface area contributed by atoms with E-state index in [4.69, 9.17) is 22.0 Å². The number of amides is 2. The van der Waals surface area contributed by atoms with E-state index in [0.29, 0.717) is 10.7 Å². The van der Waals surface area contributed by atoms with Gasteiger partial charge in [0, 0.05) is 16.9 Å². The molecule has 1 saturated heterocycles. The van der Waals surface area contributed by atoms with Crippen molar-refractivity contribution in [3.8, 4) is 0 Å². The smallest absolute Gasteiger partial charge is 0.350 e. The van der Waals surface area contributed by atoms with Crippen molar-refractivity contribution in [1.82, 2.24) is 25.2 Å². The molecule has 2 unspecified atom stereocenters. The zero-order chi connectivity index (χ0) is 30.2. The molecule has 41 heavy (non-hydrogen) atoms. The minimum Gasteiger partial charge on any atom is -0.543 e. The molecule has 8 N–H and O–H groups in total. The first kappa shape index (κ1) is 29.8. The van der Waals surface area contributed by atoms with Gasteiger partial charge in [0.05, 0.1) is 18.7 Å². The number of aromatic nitrogens is 4. The number of nitrogens with one attached hydrogen (secondary N) is 1. The van der Waals surface area contributed by atoms with Crippen molar-refractivity contribution in [2.24, 2.45) is 12.2 Å². The van der Waals surface area contributed by atoms with Gasteiger partial charge in [-0.25, -0.2) is 14.3 Å². The number of anilines is 3. The summed E-state index contributed by atoms with van der Waals surface area (Å²) in [5.74, 6) is -4.08. The number of thiazole rings is 1. The van der Waals surface area contributed by atoms with E-state index in [-0.39, 0.29) is 39.9 Å². The number of carbonyl (C=O) groups is 4. The van der Waals surface area contributed by atoms with Gasteiger partial charge in [-0.05, 0) is 19.4 Å². The van der Waals surface area contributed by atoms with Gasteiger partial charge in [-0.2, -0.15) is 0 Å². The Morgan fingerprint density at radius 3 is 2.63 bits per heavy atom.